The van der Waals surface area contributed by atoms with Crippen LogP contribution in [0.3, 0.4) is 0 Å². The molecule has 0 bridgehead atoms. The number of amides is 3. The highest BCUT2D eigenvalue weighted by Gasteiger charge is 2.16. The lowest BCUT2D eigenvalue weighted by Crippen LogP contribution is -2.30. The minimum absolute atomic E-state index is 0.0469. The normalized spacial score (nSPS) is 10.3. The van der Waals surface area contributed by atoms with Crippen LogP contribution in [0.4, 0.5) is 17.1 Å². The molecule has 7 nitrogen and oxygen atoms in total. The maximum absolute atomic E-state index is 13.0. The minimum atomic E-state index is -0.244. The summed E-state index contributed by atoms with van der Waals surface area (Å²) in [7, 11) is 0. The summed E-state index contributed by atoms with van der Waals surface area (Å²) in [5.41, 5.74) is 3.17. The minimum Gasteiger partial charge on any atom is -0.376 e. The second-order valence-corrected chi connectivity index (χ2v) is 8.05. The predicted octanol–water partition coefficient (Wildman–Crippen LogP) is 4.93. The molecule has 3 N–H and O–H groups in total. The summed E-state index contributed by atoms with van der Waals surface area (Å²) < 4.78 is 0. The first kappa shape index (κ1) is 25.5. The van der Waals surface area contributed by atoms with Gasteiger partial charge in [-0.25, -0.2) is 0 Å². The maximum atomic E-state index is 13.0. The third-order valence-corrected chi connectivity index (χ3v) is 5.44. The van der Waals surface area contributed by atoms with Crippen LogP contribution in [0.2, 0.25) is 0 Å². The Morgan fingerprint density at radius 2 is 1.54 bits per heavy atom. The van der Waals surface area contributed by atoms with Crippen molar-refractivity contribution in [2.24, 2.45) is 0 Å². The number of nitrogens with zero attached hydrogens (tertiary/aromatic N) is 1. The van der Waals surface area contributed by atoms with Crippen LogP contribution in [-0.4, -0.2) is 37.4 Å². The molecule has 3 amide bonds. The number of hydrogen-bond acceptors (Lipinski definition) is 4. The molecule has 0 unspecified atom stereocenters. The molecule has 0 saturated carbocycles. The second kappa shape index (κ2) is 12.9. The summed E-state index contributed by atoms with van der Waals surface area (Å²) in [4.78, 5) is 39.3. The van der Waals surface area contributed by atoms with Gasteiger partial charge in [-0.15, -0.1) is 0 Å². The summed E-state index contributed by atoms with van der Waals surface area (Å²) in [6, 6.07) is 23.4. The average molecular weight is 473 g/mol. The number of benzene rings is 3. The largest absolute Gasteiger partial charge is 0.376 e. The third kappa shape index (κ3) is 7.43. The Morgan fingerprint density at radius 3 is 2.23 bits per heavy atom. The number of carbonyl (C=O) groups excluding carboxylic acids is 3. The zero-order valence-electron chi connectivity index (χ0n) is 20.2. The fraction of sp³-hybridized carbons (Fsp3) is 0.250. The van der Waals surface area contributed by atoms with E-state index in [4.69, 9.17) is 0 Å². The first-order chi connectivity index (χ1) is 17.0. The zero-order chi connectivity index (χ0) is 25.0. The standard InChI is InChI=1S/C28H32N4O3/c1-3-5-18-29-27(34)21-14-16-23(17-15-21)30-20-26(33)31-24-11-9-10-22(19-24)28(35)32(4-2)25-12-7-6-8-13-25/h6-17,19,30H,3-5,18,20H2,1-2H3,(H,29,34)(H,31,33). The van der Waals surface area contributed by atoms with E-state index in [0.717, 1.165) is 24.2 Å². The molecule has 0 aliphatic carbocycles. The molecular weight excluding hydrogens is 440 g/mol. The topological polar surface area (TPSA) is 90.5 Å². The molecule has 182 valence electrons. The van der Waals surface area contributed by atoms with Gasteiger partial charge in [0, 0.05) is 41.3 Å². The summed E-state index contributed by atoms with van der Waals surface area (Å²) in [6.45, 7) is 5.23. The van der Waals surface area contributed by atoms with Gasteiger partial charge >= 0.3 is 0 Å². The van der Waals surface area contributed by atoms with Crippen molar-refractivity contribution >= 4 is 34.8 Å². The van der Waals surface area contributed by atoms with Crippen LogP contribution in [0.25, 0.3) is 0 Å². The molecule has 35 heavy (non-hydrogen) atoms. The van der Waals surface area contributed by atoms with Gasteiger partial charge in [-0.1, -0.05) is 37.6 Å². The van der Waals surface area contributed by atoms with E-state index in [2.05, 4.69) is 22.9 Å². The van der Waals surface area contributed by atoms with E-state index in [1.807, 2.05) is 37.3 Å². The Hall–Kier alpha value is -4.13. The van der Waals surface area contributed by atoms with Gasteiger partial charge in [0.05, 0.1) is 6.54 Å². The van der Waals surface area contributed by atoms with E-state index in [0.29, 0.717) is 29.9 Å². The van der Waals surface area contributed by atoms with Gasteiger partial charge in [-0.2, -0.15) is 0 Å². The molecule has 0 heterocycles. The smallest absolute Gasteiger partial charge is 0.258 e. The molecule has 0 radical (unpaired) electrons. The fourth-order valence-corrected chi connectivity index (χ4v) is 3.54. The molecule has 0 aliphatic heterocycles. The van der Waals surface area contributed by atoms with Crippen molar-refractivity contribution in [2.75, 3.05) is 35.2 Å². The first-order valence-corrected chi connectivity index (χ1v) is 11.9. The van der Waals surface area contributed by atoms with Gasteiger partial charge in [0.1, 0.15) is 0 Å². The van der Waals surface area contributed by atoms with Gasteiger partial charge in [-0.05, 0) is 67.9 Å². The van der Waals surface area contributed by atoms with E-state index in [1.54, 1.807) is 53.4 Å². The summed E-state index contributed by atoms with van der Waals surface area (Å²) in [5.74, 6) is -0.482. The number of anilines is 3. The SMILES string of the molecule is CCCCNC(=O)c1ccc(NCC(=O)Nc2cccc(C(=O)N(CC)c3ccccc3)c2)cc1. The number of hydrogen-bond donors (Lipinski definition) is 3. The van der Waals surface area contributed by atoms with Crippen molar-refractivity contribution in [1.82, 2.24) is 5.32 Å². The number of nitrogens with one attached hydrogen (secondary N) is 3. The van der Waals surface area contributed by atoms with E-state index in [1.165, 1.54) is 0 Å². The number of rotatable bonds is 11. The van der Waals surface area contributed by atoms with E-state index < -0.39 is 0 Å². The monoisotopic (exact) mass is 472 g/mol. The Morgan fingerprint density at radius 1 is 0.800 bits per heavy atom. The molecular formula is C28H32N4O3. The van der Waals surface area contributed by atoms with Crippen LogP contribution in [0, 0.1) is 0 Å². The van der Waals surface area contributed by atoms with Crippen LogP contribution >= 0.6 is 0 Å². The lowest BCUT2D eigenvalue weighted by molar-refractivity contribution is -0.114. The lowest BCUT2D eigenvalue weighted by atomic mass is 10.1. The summed E-state index contributed by atoms with van der Waals surface area (Å²) in [5, 5.41) is 8.76. The van der Waals surface area contributed by atoms with Gasteiger partial charge < -0.3 is 20.9 Å². The van der Waals surface area contributed by atoms with Crippen molar-refractivity contribution in [3.63, 3.8) is 0 Å². The highest BCUT2D eigenvalue weighted by molar-refractivity contribution is 6.07. The highest BCUT2D eigenvalue weighted by atomic mass is 16.2. The summed E-state index contributed by atoms with van der Waals surface area (Å²) in [6.07, 6.45) is 1.97. The lowest BCUT2D eigenvalue weighted by Gasteiger charge is -2.21. The quantitative estimate of drug-likeness (QED) is 0.345. The molecule has 0 spiro atoms. The van der Waals surface area contributed by atoms with E-state index in [9.17, 15) is 14.4 Å². The van der Waals surface area contributed by atoms with Crippen LogP contribution in [0.1, 0.15) is 47.4 Å². The Kier molecular flexibility index (Phi) is 9.42. The third-order valence-electron chi connectivity index (χ3n) is 5.44. The van der Waals surface area contributed by atoms with Crippen LogP contribution < -0.4 is 20.9 Å². The van der Waals surface area contributed by atoms with Crippen molar-refractivity contribution < 1.29 is 14.4 Å². The molecule has 3 rings (SSSR count). The molecule has 0 atom stereocenters. The van der Waals surface area contributed by atoms with Crippen LogP contribution in [0.5, 0.6) is 0 Å². The summed E-state index contributed by atoms with van der Waals surface area (Å²) >= 11 is 0. The van der Waals surface area contributed by atoms with Gasteiger partial charge in [0.2, 0.25) is 5.91 Å². The molecule has 3 aromatic carbocycles. The Bertz CT molecular complexity index is 1130. The number of carbonyl (C=O) groups is 3. The number of unbranched alkanes of at least 4 members (excludes halogenated alkanes) is 1. The number of para-hydroxylation sites is 1. The molecule has 0 aromatic heterocycles. The van der Waals surface area contributed by atoms with Crippen molar-refractivity contribution in [2.45, 2.75) is 26.7 Å². The van der Waals surface area contributed by atoms with Crippen molar-refractivity contribution in [3.05, 3.63) is 90.0 Å². The molecule has 0 fully saturated rings. The second-order valence-electron chi connectivity index (χ2n) is 8.05. The molecule has 0 aliphatic rings. The fourth-order valence-electron chi connectivity index (χ4n) is 3.54. The van der Waals surface area contributed by atoms with Gasteiger partial charge in [-0.3, -0.25) is 14.4 Å². The van der Waals surface area contributed by atoms with Crippen molar-refractivity contribution in [3.8, 4) is 0 Å². The Labute approximate surface area is 206 Å². The first-order valence-electron chi connectivity index (χ1n) is 11.9. The average Bonchev–Trinajstić information content (AvgIpc) is 2.89. The molecule has 0 saturated heterocycles. The van der Waals surface area contributed by atoms with Crippen molar-refractivity contribution in [1.29, 1.82) is 0 Å². The predicted molar refractivity (Wildman–Crippen MR) is 141 cm³/mol. The van der Waals surface area contributed by atoms with Crippen LogP contribution in [-0.2, 0) is 4.79 Å². The molecule has 3 aromatic rings. The van der Waals surface area contributed by atoms with E-state index >= 15 is 0 Å². The van der Waals surface area contributed by atoms with Crippen LogP contribution in [0.15, 0.2) is 78.9 Å². The zero-order valence-corrected chi connectivity index (χ0v) is 20.2. The Balaban J connectivity index is 1.55. The van der Waals surface area contributed by atoms with E-state index in [-0.39, 0.29) is 24.3 Å². The molecule has 7 heteroatoms. The maximum Gasteiger partial charge on any atom is 0.258 e. The van der Waals surface area contributed by atoms with Gasteiger partial charge in [0.25, 0.3) is 11.8 Å². The highest BCUT2D eigenvalue weighted by Crippen LogP contribution is 2.19. The van der Waals surface area contributed by atoms with Gasteiger partial charge in [0.15, 0.2) is 0 Å².